The van der Waals surface area contributed by atoms with Gasteiger partial charge in [-0.05, 0) is 45.3 Å². The number of amides is 1. The molecule has 1 aromatic heterocycles. The zero-order chi connectivity index (χ0) is 17.2. The third-order valence-corrected chi connectivity index (χ3v) is 5.91. The molecule has 25 heavy (non-hydrogen) atoms. The summed E-state index contributed by atoms with van der Waals surface area (Å²) in [5.41, 5.74) is 0.699. The van der Waals surface area contributed by atoms with E-state index >= 15 is 0 Å². The molecule has 4 rings (SSSR count). The number of piperazine rings is 1. The van der Waals surface area contributed by atoms with E-state index in [1.54, 1.807) is 12.3 Å². The third-order valence-electron chi connectivity index (χ3n) is 5.91. The van der Waals surface area contributed by atoms with Crippen LogP contribution in [-0.2, 0) is 4.74 Å². The number of carbonyl (C=O) groups is 1. The van der Waals surface area contributed by atoms with Gasteiger partial charge in [0.25, 0.3) is 5.91 Å². The third kappa shape index (κ3) is 3.76. The van der Waals surface area contributed by atoms with Crippen LogP contribution in [-0.4, -0.2) is 85.2 Å². The first-order valence-corrected chi connectivity index (χ1v) is 9.62. The maximum atomic E-state index is 12.7. The first kappa shape index (κ1) is 17.1. The summed E-state index contributed by atoms with van der Waals surface area (Å²) in [6.45, 7) is 9.75. The molecule has 6 nitrogen and oxygen atoms in total. The predicted molar refractivity (Wildman–Crippen MR) is 94.7 cm³/mol. The van der Waals surface area contributed by atoms with E-state index in [9.17, 15) is 4.79 Å². The van der Waals surface area contributed by atoms with Crippen LogP contribution in [0.2, 0.25) is 0 Å². The van der Waals surface area contributed by atoms with Crippen molar-refractivity contribution in [2.24, 2.45) is 0 Å². The van der Waals surface area contributed by atoms with Gasteiger partial charge in [0.15, 0.2) is 0 Å². The summed E-state index contributed by atoms with van der Waals surface area (Å²) in [5, 5.41) is 0. The molecule has 0 unspecified atom stereocenters. The van der Waals surface area contributed by atoms with Gasteiger partial charge in [0, 0.05) is 38.8 Å². The Morgan fingerprint density at radius 2 is 2.08 bits per heavy atom. The van der Waals surface area contributed by atoms with Crippen molar-refractivity contribution in [2.45, 2.75) is 38.3 Å². The van der Waals surface area contributed by atoms with Crippen LogP contribution < -0.4 is 0 Å². The monoisotopic (exact) mass is 347 g/mol. The number of likely N-dealkylation sites (tertiary alicyclic amines) is 1. The summed E-state index contributed by atoms with van der Waals surface area (Å²) >= 11 is 0. The van der Waals surface area contributed by atoms with Crippen LogP contribution in [0.4, 0.5) is 0 Å². The Morgan fingerprint density at radius 3 is 2.84 bits per heavy atom. The molecule has 4 heterocycles. The second-order valence-electron chi connectivity index (χ2n) is 7.57. The summed E-state index contributed by atoms with van der Waals surface area (Å²) in [6.07, 6.45) is 5.61. The van der Waals surface area contributed by atoms with E-state index in [2.05, 4.69) is 9.80 Å². The van der Waals surface area contributed by atoms with Gasteiger partial charge in [-0.3, -0.25) is 9.69 Å². The highest BCUT2D eigenvalue weighted by molar-refractivity contribution is 5.95. The van der Waals surface area contributed by atoms with Gasteiger partial charge in [-0.15, -0.1) is 0 Å². The van der Waals surface area contributed by atoms with Gasteiger partial charge in [0.2, 0.25) is 0 Å². The van der Waals surface area contributed by atoms with Crippen LogP contribution in [0.25, 0.3) is 0 Å². The quantitative estimate of drug-likeness (QED) is 0.810. The first-order valence-electron chi connectivity index (χ1n) is 9.62. The van der Waals surface area contributed by atoms with E-state index in [0.717, 1.165) is 45.8 Å². The Labute approximate surface area is 149 Å². The number of ether oxygens (including phenoxy) is 1. The van der Waals surface area contributed by atoms with Crippen molar-refractivity contribution in [3.8, 4) is 0 Å². The molecule has 138 valence electrons. The fraction of sp³-hybridized carbons (Fsp3) is 0.737. The second kappa shape index (κ2) is 7.48. The highest BCUT2D eigenvalue weighted by Gasteiger charge is 2.38. The Morgan fingerprint density at radius 1 is 1.24 bits per heavy atom. The zero-order valence-electron chi connectivity index (χ0n) is 15.2. The predicted octanol–water partition coefficient (Wildman–Crippen LogP) is 1.60. The number of furan rings is 1. The molecular formula is C19H29N3O3. The van der Waals surface area contributed by atoms with E-state index in [0.29, 0.717) is 23.5 Å². The van der Waals surface area contributed by atoms with Crippen LogP contribution in [0.15, 0.2) is 16.7 Å². The second-order valence-corrected chi connectivity index (χ2v) is 7.57. The number of aryl methyl sites for hydroxylation is 1. The molecule has 3 fully saturated rings. The summed E-state index contributed by atoms with van der Waals surface area (Å²) < 4.78 is 11.4. The van der Waals surface area contributed by atoms with E-state index in [1.807, 2.05) is 11.8 Å². The molecule has 0 aliphatic carbocycles. The van der Waals surface area contributed by atoms with Gasteiger partial charge >= 0.3 is 0 Å². The van der Waals surface area contributed by atoms with Crippen LogP contribution in [0, 0.1) is 6.92 Å². The Balaban J connectivity index is 1.26. The molecular weight excluding hydrogens is 318 g/mol. The van der Waals surface area contributed by atoms with Crippen molar-refractivity contribution in [1.29, 1.82) is 0 Å². The van der Waals surface area contributed by atoms with Crippen LogP contribution in [0.3, 0.4) is 0 Å². The lowest BCUT2D eigenvalue weighted by Crippen LogP contribution is -2.52. The van der Waals surface area contributed by atoms with Crippen molar-refractivity contribution in [3.05, 3.63) is 23.7 Å². The van der Waals surface area contributed by atoms with Crippen molar-refractivity contribution >= 4 is 5.91 Å². The summed E-state index contributed by atoms with van der Waals surface area (Å²) in [4.78, 5) is 19.6. The Kier molecular flexibility index (Phi) is 5.10. The fourth-order valence-electron chi connectivity index (χ4n) is 4.43. The first-order chi connectivity index (χ1) is 12.2. The van der Waals surface area contributed by atoms with Crippen molar-refractivity contribution in [3.63, 3.8) is 0 Å². The molecule has 3 saturated heterocycles. The van der Waals surface area contributed by atoms with E-state index in [-0.39, 0.29) is 5.91 Å². The summed E-state index contributed by atoms with van der Waals surface area (Å²) in [5.74, 6) is 0.811. The number of hydrogen-bond acceptors (Lipinski definition) is 5. The van der Waals surface area contributed by atoms with Gasteiger partial charge in [-0.25, -0.2) is 0 Å². The lowest BCUT2D eigenvalue weighted by atomic mass is 10.1. The van der Waals surface area contributed by atoms with Crippen LogP contribution >= 0.6 is 0 Å². The number of nitrogens with zero attached hydrogens (tertiary/aromatic N) is 3. The summed E-state index contributed by atoms with van der Waals surface area (Å²) in [7, 11) is 0. The summed E-state index contributed by atoms with van der Waals surface area (Å²) in [6, 6.07) is 2.21. The van der Waals surface area contributed by atoms with Gasteiger partial charge in [0.05, 0.1) is 24.5 Å². The van der Waals surface area contributed by atoms with Crippen LogP contribution in [0.1, 0.15) is 35.4 Å². The zero-order valence-corrected chi connectivity index (χ0v) is 15.2. The fourth-order valence-corrected chi connectivity index (χ4v) is 4.43. The smallest absolute Gasteiger partial charge is 0.257 e. The molecule has 0 aromatic carbocycles. The molecule has 1 amide bonds. The number of rotatable bonds is 5. The molecule has 3 aliphatic heterocycles. The minimum absolute atomic E-state index is 0.101. The number of fused-ring (bicyclic) bond motifs is 1. The average molecular weight is 347 g/mol. The van der Waals surface area contributed by atoms with Gasteiger partial charge < -0.3 is 19.0 Å². The Hall–Kier alpha value is -1.37. The molecule has 6 heteroatoms. The van der Waals surface area contributed by atoms with E-state index in [1.165, 1.54) is 25.9 Å². The van der Waals surface area contributed by atoms with E-state index < -0.39 is 0 Å². The lowest BCUT2D eigenvalue weighted by molar-refractivity contribution is 0.0450. The number of carbonyl (C=O) groups excluding carboxylic acids is 1. The molecule has 2 atom stereocenters. The number of hydrogen-bond donors (Lipinski definition) is 0. The lowest BCUT2D eigenvalue weighted by Gasteiger charge is -2.37. The minimum Gasteiger partial charge on any atom is -0.469 e. The topological polar surface area (TPSA) is 49.2 Å². The highest BCUT2D eigenvalue weighted by Crippen LogP contribution is 2.25. The maximum absolute atomic E-state index is 12.7. The highest BCUT2D eigenvalue weighted by atomic mass is 16.5. The molecule has 3 aliphatic rings. The Bertz CT molecular complexity index is 596. The average Bonchev–Trinajstić information content (AvgIpc) is 3.34. The van der Waals surface area contributed by atoms with Crippen molar-refractivity contribution < 1.29 is 13.9 Å². The SMILES string of the molecule is Cc1occc1C(=O)N1CCN2C[C@H](OCCN3CCCC3)C[C@H]2C1. The minimum atomic E-state index is 0.101. The normalized spacial score (nSPS) is 27.8. The van der Waals surface area contributed by atoms with Gasteiger partial charge in [-0.2, -0.15) is 0 Å². The molecule has 0 spiro atoms. The standard InChI is InChI=1S/C19H29N3O3/c1-15-18(4-10-24-15)19(23)22-8-7-21-14-17(12-16(21)13-22)25-11-9-20-5-2-3-6-20/h4,10,16-17H,2-3,5-9,11-14H2,1H3/t16-,17+/m0/s1. The van der Waals surface area contributed by atoms with Gasteiger partial charge in [-0.1, -0.05) is 0 Å². The molecule has 0 bridgehead atoms. The van der Waals surface area contributed by atoms with Crippen molar-refractivity contribution in [2.75, 3.05) is 52.4 Å². The van der Waals surface area contributed by atoms with Gasteiger partial charge in [0.1, 0.15) is 5.76 Å². The molecule has 0 radical (unpaired) electrons. The van der Waals surface area contributed by atoms with Crippen molar-refractivity contribution in [1.82, 2.24) is 14.7 Å². The van der Waals surface area contributed by atoms with E-state index in [4.69, 9.17) is 9.15 Å². The largest absolute Gasteiger partial charge is 0.469 e. The molecule has 0 saturated carbocycles. The maximum Gasteiger partial charge on any atom is 0.257 e. The van der Waals surface area contributed by atoms with Crippen LogP contribution in [0.5, 0.6) is 0 Å². The molecule has 1 aromatic rings. The molecule has 0 N–H and O–H groups in total.